The van der Waals surface area contributed by atoms with Crippen molar-refractivity contribution in [1.82, 2.24) is 10.6 Å². The van der Waals surface area contributed by atoms with E-state index < -0.39 is 0 Å². The lowest BCUT2D eigenvalue weighted by Crippen LogP contribution is -2.38. The second-order valence-electron chi connectivity index (χ2n) is 5.39. The maximum atomic E-state index is 12.0. The lowest BCUT2D eigenvalue weighted by atomic mass is 10.1. The molecule has 5 heteroatoms. The van der Waals surface area contributed by atoms with Crippen molar-refractivity contribution in [2.24, 2.45) is 0 Å². The van der Waals surface area contributed by atoms with Gasteiger partial charge in [0.2, 0.25) is 5.91 Å². The summed E-state index contributed by atoms with van der Waals surface area (Å²) in [5, 5.41) is 5.49. The van der Waals surface area contributed by atoms with Gasteiger partial charge in [-0.3, -0.25) is 9.59 Å². The van der Waals surface area contributed by atoms with Gasteiger partial charge in [0.15, 0.2) is 0 Å². The standard InChI is InChI=1S/C18H19BrN2O2/c1-12-3-5-15(6-4-12)18(23)20-11-17(22)21-13(2)14-7-9-16(19)10-8-14/h3-10,13H,11H2,1-2H3,(H,20,23)(H,21,22). The molecule has 0 saturated carbocycles. The molecule has 2 N–H and O–H groups in total. The molecule has 2 amide bonds. The summed E-state index contributed by atoms with van der Waals surface area (Å²) in [5.41, 5.74) is 2.64. The fraction of sp³-hybridized carbons (Fsp3) is 0.222. The van der Waals surface area contributed by atoms with E-state index in [1.807, 2.05) is 50.2 Å². The van der Waals surface area contributed by atoms with Crippen LogP contribution in [-0.2, 0) is 4.79 Å². The first-order valence-corrected chi connectivity index (χ1v) is 8.14. The van der Waals surface area contributed by atoms with Crippen molar-refractivity contribution < 1.29 is 9.59 Å². The van der Waals surface area contributed by atoms with Crippen molar-refractivity contribution in [2.45, 2.75) is 19.9 Å². The van der Waals surface area contributed by atoms with Crippen molar-refractivity contribution in [3.8, 4) is 0 Å². The van der Waals surface area contributed by atoms with E-state index in [0.29, 0.717) is 5.56 Å². The van der Waals surface area contributed by atoms with Crippen molar-refractivity contribution >= 4 is 27.7 Å². The van der Waals surface area contributed by atoms with Crippen LogP contribution in [0.15, 0.2) is 53.0 Å². The van der Waals surface area contributed by atoms with Crippen molar-refractivity contribution in [3.63, 3.8) is 0 Å². The van der Waals surface area contributed by atoms with Crippen LogP contribution in [0.2, 0.25) is 0 Å². The molecule has 0 aliphatic heterocycles. The van der Waals surface area contributed by atoms with Crippen LogP contribution in [0.4, 0.5) is 0 Å². The quantitative estimate of drug-likeness (QED) is 0.842. The lowest BCUT2D eigenvalue weighted by Gasteiger charge is -2.15. The molecule has 0 aliphatic rings. The highest BCUT2D eigenvalue weighted by atomic mass is 79.9. The Morgan fingerprint density at radius 3 is 2.26 bits per heavy atom. The minimum Gasteiger partial charge on any atom is -0.348 e. The highest BCUT2D eigenvalue weighted by Gasteiger charge is 2.11. The van der Waals surface area contributed by atoms with Crippen LogP contribution in [0, 0.1) is 6.92 Å². The van der Waals surface area contributed by atoms with Crippen molar-refractivity contribution in [2.75, 3.05) is 6.54 Å². The Morgan fingerprint density at radius 2 is 1.65 bits per heavy atom. The minimum absolute atomic E-state index is 0.0480. The van der Waals surface area contributed by atoms with Gasteiger partial charge in [0.25, 0.3) is 5.91 Å². The molecule has 120 valence electrons. The molecular weight excluding hydrogens is 356 g/mol. The maximum absolute atomic E-state index is 12.0. The molecular formula is C18H19BrN2O2. The second kappa shape index (κ2) is 7.92. The van der Waals surface area contributed by atoms with Gasteiger partial charge in [-0.15, -0.1) is 0 Å². The number of benzene rings is 2. The topological polar surface area (TPSA) is 58.2 Å². The highest BCUT2D eigenvalue weighted by Crippen LogP contribution is 2.16. The smallest absolute Gasteiger partial charge is 0.251 e. The van der Waals surface area contributed by atoms with Crippen LogP contribution < -0.4 is 10.6 Å². The predicted molar refractivity (Wildman–Crippen MR) is 94.2 cm³/mol. The number of amides is 2. The van der Waals surface area contributed by atoms with Gasteiger partial charge in [-0.2, -0.15) is 0 Å². The maximum Gasteiger partial charge on any atom is 0.251 e. The second-order valence-corrected chi connectivity index (χ2v) is 6.31. The molecule has 0 saturated heterocycles. The fourth-order valence-corrected chi connectivity index (χ4v) is 2.36. The third-order valence-corrected chi connectivity index (χ3v) is 4.00. The molecule has 0 heterocycles. The summed E-state index contributed by atoms with van der Waals surface area (Å²) in [4.78, 5) is 23.9. The molecule has 1 atom stereocenters. The number of hydrogen-bond acceptors (Lipinski definition) is 2. The van der Waals surface area contributed by atoms with Crippen LogP contribution in [0.3, 0.4) is 0 Å². The summed E-state index contributed by atoms with van der Waals surface area (Å²) in [6, 6.07) is 14.8. The van der Waals surface area contributed by atoms with Gasteiger partial charge < -0.3 is 10.6 Å². The van der Waals surface area contributed by atoms with Gasteiger partial charge >= 0.3 is 0 Å². The average Bonchev–Trinajstić information content (AvgIpc) is 2.54. The number of carbonyl (C=O) groups is 2. The van der Waals surface area contributed by atoms with Gasteiger partial charge in [0.1, 0.15) is 0 Å². The van der Waals surface area contributed by atoms with E-state index in [0.717, 1.165) is 15.6 Å². The Morgan fingerprint density at radius 1 is 1.04 bits per heavy atom. The van der Waals surface area contributed by atoms with Crippen LogP contribution in [0.1, 0.15) is 34.5 Å². The van der Waals surface area contributed by atoms with Crippen LogP contribution in [0.5, 0.6) is 0 Å². The number of rotatable bonds is 5. The molecule has 0 aliphatic carbocycles. The summed E-state index contributed by atoms with van der Waals surface area (Å²) in [6.45, 7) is 3.81. The van der Waals surface area contributed by atoms with E-state index >= 15 is 0 Å². The zero-order valence-electron chi connectivity index (χ0n) is 13.1. The molecule has 0 radical (unpaired) electrons. The zero-order chi connectivity index (χ0) is 16.8. The fourth-order valence-electron chi connectivity index (χ4n) is 2.09. The van der Waals surface area contributed by atoms with Gasteiger partial charge in [0.05, 0.1) is 12.6 Å². The average molecular weight is 375 g/mol. The summed E-state index contributed by atoms with van der Waals surface area (Å²) >= 11 is 3.38. The number of carbonyl (C=O) groups excluding carboxylic acids is 2. The first-order chi connectivity index (χ1) is 11.0. The van der Waals surface area contributed by atoms with E-state index in [1.54, 1.807) is 12.1 Å². The van der Waals surface area contributed by atoms with Gasteiger partial charge in [0, 0.05) is 10.0 Å². The minimum atomic E-state index is -0.253. The molecule has 0 bridgehead atoms. The first-order valence-electron chi connectivity index (χ1n) is 7.35. The molecule has 1 unspecified atom stereocenters. The molecule has 4 nitrogen and oxygen atoms in total. The summed E-state index contributed by atoms with van der Waals surface area (Å²) in [5.74, 6) is -0.475. The summed E-state index contributed by atoms with van der Waals surface area (Å²) < 4.78 is 0.991. The van der Waals surface area contributed by atoms with E-state index in [2.05, 4.69) is 26.6 Å². The van der Waals surface area contributed by atoms with E-state index in [-0.39, 0.29) is 24.4 Å². The lowest BCUT2D eigenvalue weighted by molar-refractivity contribution is -0.120. The first kappa shape index (κ1) is 17.2. The molecule has 0 fully saturated rings. The van der Waals surface area contributed by atoms with Gasteiger partial charge in [-0.05, 0) is 43.7 Å². The van der Waals surface area contributed by atoms with Gasteiger partial charge in [-0.25, -0.2) is 0 Å². The van der Waals surface area contributed by atoms with E-state index in [4.69, 9.17) is 0 Å². The molecule has 0 aromatic heterocycles. The number of aryl methyl sites for hydroxylation is 1. The Hall–Kier alpha value is -2.14. The third-order valence-electron chi connectivity index (χ3n) is 3.47. The Labute approximate surface area is 144 Å². The number of nitrogens with one attached hydrogen (secondary N) is 2. The zero-order valence-corrected chi connectivity index (χ0v) is 14.7. The normalized spacial score (nSPS) is 11.6. The highest BCUT2D eigenvalue weighted by molar-refractivity contribution is 9.10. The van der Waals surface area contributed by atoms with Crippen LogP contribution in [-0.4, -0.2) is 18.4 Å². The van der Waals surface area contributed by atoms with E-state index in [1.165, 1.54) is 0 Å². The Kier molecular flexibility index (Phi) is 5.93. The summed E-state index contributed by atoms with van der Waals surface area (Å²) in [6.07, 6.45) is 0. The van der Waals surface area contributed by atoms with Crippen molar-refractivity contribution in [1.29, 1.82) is 0 Å². The monoisotopic (exact) mass is 374 g/mol. The molecule has 2 aromatic rings. The predicted octanol–water partition coefficient (Wildman–Crippen LogP) is 3.36. The molecule has 23 heavy (non-hydrogen) atoms. The van der Waals surface area contributed by atoms with Crippen LogP contribution >= 0.6 is 15.9 Å². The summed E-state index contributed by atoms with van der Waals surface area (Å²) in [7, 11) is 0. The molecule has 0 spiro atoms. The van der Waals surface area contributed by atoms with Crippen molar-refractivity contribution in [3.05, 3.63) is 69.7 Å². The largest absolute Gasteiger partial charge is 0.348 e. The molecule has 2 aromatic carbocycles. The Balaban J connectivity index is 1.83. The third kappa shape index (κ3) is 5.21. The SMILES string of the molecule is Cc1ccc(C(=O)NCC(=O)NC(C)c2ccc(Br)cc2)cc1. The Bertz CT molecular complexity index is 681. The molecule has 2 rings (SSSR count). The number of halogens is 1. The van der Waals surface area contributed by atoms with Crippen LogP contribution in [0.25, 0.3) is 0 Å². The van der Waals surface area contributed by atoms with E-state index in [9.17, 15) is 9.59 Å². The van der Waals surface area contributed by atoms with Gasteiger partial charge in [-0.1, -0.05) is 45.8 Å². The number of hydrogen-bond donors (Lipinski definition) is 2.